The molecule has 138 valence electrons. The van der Waals surface area contributed by atoms with Crippen LogP contribution >= 0.6 is 0 Å². The third kappa shape index (κ3) is 2.25. The molecule has 0 aromatic heterocycles. The van der Waals surface area contributed by atoms with Gasteiger partial charge in [0, 0.05) is 18.3 Å². The van der Waals surface area contributed by atoms with Crippen molar-refractivity contribution >= 4 is 5.78 Å². The standard InChI is InChI=1S/C23H34O2/c1-14(2)21-18-7-6-15-16-8-9-20(24)23(16,4)12-10-17(15)22(18,3)13-11-19(21)25-5/h7,14-17H,6,8-13H2,1-5H3/t15-,16-,17-,22+,23-/m0/s1. The Balaban J connectivity index is 1.76. The summed E-state index contributed by atoms with van der Waals surface area (Å²) >= 11 is 0. The van der Waals surface area contributed by atoms with Gasteiger partial charge in [-0.2, -0.15) is 0 Å². The first-order chi connectivity index (χ1) is 11.8. The second kappa shape index (κ2) is 5.72. The molecular formula is C23H34O2. The Labute approximate surface area is 153 Å². The van der Waals surface area contributed by atoms with E-state index < -0.39 is 0 Å². The molecule has 4 rings (SSSR count). The van der Waals surface area contributed by atoms with Crippen molar-refractivity contribution < 1.29 is 9.53 Å². The normalized spacial score (nSPS) is 43.5. The Hall–Kier alpha value is -1.05. The monoisotopic (exact) mass is 342 g/mol. The van der Waals surface area contributed by atoms with E-state index >= 15 is 0 Å². The van der Waals surface area contributed by atoms with E-state index in [0.717, 1.165) is 38.0 Å². The fourth-order valence-corrected chi connectivity index (χ4v) is 7.11. The molecule has 2 heteroatoms. The maximum Gasteiger partial charge on any atom is 0.139 e. The van der Waals surface area contributed by atoms with Crippen LogP contribution in [0.15, 0.2) is 23.0 Å². The topological polar surface area (TPSA) is 26.3 Å². The van der Waals surface area contributed by atoms with Gasteiger partial charge in [-0.05, 0) is 72.3 Å². The molecule has 0 saturated heterocycles. The highest BCUT2D eigenvalue weighted by Crippen LogP contribution is 2.65. The number of hydrogen-bond acceptors (Lipinski definition) is 2. The number of rotatable bonds is 2. The third-order valence-electron chi connectivity index (χ3n) is 8.46. The number of hydrogen-bond donors (Lipinski definition) is 0. The van der Waals surface area contributed by atoms with Gasteiger partial charge in [-0.25, -0.2) is 0 Å². The first-order valence-electron chi connectivity index (χ1n) is 10.3. The SMILES string of the molecule is COC1=C(C(C)C)C2=CC[C@@H]3[C@H](CC[C@]4(C)C(=O)CC[C@@H]34)[C@@]2(C)CC1. The van der Waals surface area contributed by atoms with Crippen molar-refractivity contribution in [3.63, 3.8) is 0 Å². The van der Waals surface area contributed by atoms with Crippen LogP contribution in [0.4, 0.5) is 0 Å². The Kier molecular flexibility index (Phi) is 3.98. The number of fused-ring (bicyclic) bond motifs is 5. The molecule has 4 aliphatic carbocycles. The summed E-state index contributed by atoms with van der Waals surface area (Å²) in [6.45, 7) is 9.40. The molecule has 4 aliphatic rings. The van der Waals surface area contributed by atoms with Crippen LogP contribution in [0.2, 0.25) is 0 Å². The Morgan fingerprint density at radius 2 is 1.80 bits per heavy atom. The molecule has 5 atom stereocenters. The first-order valence-corrected chi connectivity index (χ1v) is 10.3. The molecule has 0 unspecified atom stereocenters. The number of ketones is 1. The largest absolute Gasteiger partial charge is 0.501 e. The van der Waals surface area contributed by atoms with Crippen molar-refractivity contribution in [2.24, 2.45) is 34.5 Å². The summed E-state index contributed by atoms with van der Waals surface area (Å²) in [5.74, 6) is 4.33. The van der Waals surface area contributed by atoms with Gasteiger partial charge >= 0.3 is 0 Å². The summed E-state index contributed by atoms with van der Waals surface area (Å²) in [5, 5.41) is 0. The van der Waals surface area contributed by atoms with Crippen molar-refractivity contribution in [3.8, 4) is 0 Å². The second-order valence-corrected chi connectivity index (χ2v) is 9.76. The minimum atomic E-state index is -0.0219. The summed E-state index contributed by atoms with van der Waals surface area (Å²) in [6, 6.07) is 0. The summed E-state index contributed by atoms with van der Waals surface area (Å²) in [4.78, 5) is 12.6. The third-order valence-corrected chi connectivity index (χ3v) is 8.46. The average molecular weight is 343 g/mol. The molecule has 0 aliphatic heterocycles. The van der Waals surface area contributed by atoms with Gasteiger partial charge in [0.05, 0.1) is 12.9 Å². The van der Waals surface area contributed by atoms with Crippen molar-refractivity contribution in [2.75, 3.05) is 7.11 Å². The Morgan fingerprint density at radius 1 is 1.08 bits per heavy atom. The summed E-state index contributed by atoms with van der Waals surface area (Å²) in [5.41, 5.74) is 3.31. The predicted octanol–water partition coefficient (Wildman–Crippen LogP) is 5.68. The van der Waals surface area contributed by atoms with Crippen LogP contribution in [0.5, 0.6) is 0 Å². The molecule has 0 aromatic rings. The lowest BCUT2D eigenvalue weighted by molar-refractivity contribution is -0.131. The Morgan fingerprint density at radius 3 is 2.48 bits per heavy atom. The lowest BCUT2D eigenvalue weighted by Crippen LogP contribution is -2.50. The van der Waals surface area contributed by atoms with Gasteiger partial charge in [0.15, 0.2) is 0 Å². The van der Waals surface area contributed by atoms with E-state index in [1.807, 2.05) is 7.11 Å². The summed E-state index contributed by atoms with van der Waals surface area (Å²) in [7, 11) is 1.84. The average Bonchev–Trinajstić information content (AvgIpc) is 2.88. The molecule has 0 amide bonds. The molecule has 2 saturated carbocycles. The molecule has 0 aromatic carbocycles. The summed E-state index contributed by atoms with van der Waals surface area (Å²) in [6.07, 6.45) is 10.3. The molecule has 0 radical (unpaired) electrons. The van der Waals surface area contributed by atoms with E-state index in [1.54, 1.807) is 5.57 Å². The van der Waals surface area contributed by atoms with Gasteiger partial charge in [-0.3, -0.25) is 4.79 Å². The van der Waals surface area contributed by atoms with Crippen LogP contribution in [-0.4, -0.2) is 12.9 Å². The summed E-state index contributed by atoms with van der Waals surface area (Å²) < 4.78 is 5.79. The number of Topliss-reactive ketones (excluding diaryl/α,β-unsaturated/α-hetero) is 1. The van der Waals surface area contributed by atoms with E-state index in [9.17, 15) is 4.79 Å². The van der Waals surface area contributed by atoms with Gasteiger partial charge in [-0.15, -0.1) is 0 Å². The van der Waals surface area contributed by atoms with Gasteiger partial charge in [-0.1, -0.05) is 33.8 Å². The zero-order chi connectivity index (χ0) is 18.0. The fourth-order valence-electron chi connectivity index (χ4n) is 7.11. The van der Waals surface area contributed by atoms with E-state index in [-0.39, 0.29) is 10.8 Å². The van der Waals surface area contributed by atoms with Crippen LogP contribution < -0.4 is 0 Å². The number of allylic oxidation sites excluding steroid dienone is 4. The van der Waals surface area contributed by atoms with Crippen molar-refractivity contribution in [1.82, 2.24) is 0 Å². The first kappa shape index (κ1) is 17.4. The smallest absolute Gasteiger partial charge is 0.139 e. The van der Waals surface area contributed by atoms with Gasteiger partial charge in [0.1, 0.15) is 5.78 Å². The number of carbonyl (C=O) groups excluding carboxylic acids is 1. The van der Waals surface area contributed by atoms with E-state index in [2.05, 4.69) is 33.8 Å². The molecular weight excluding hydrogens is 308 g/mol. The molecule has 0 N–H and O–H groups in total. The van der Waals surface area contributed by atoms with E-state index in [0.29, 0.717) is 23.5 Å². The molecule has 0 heterocycles. The van der Waals surface area contributed by atoms with Crippen molar-refractivity contribution in [2.45, 2.75) is 72.6 Å². The van der Waals surface area contributed by atoms with Gasteiger partial charge in [0.2, 0.25) is 0 Å². The quantitative estimate of drug-likeness (QED) is 0.645. The van der Waals surface area contributed by atoms with Crippen LogP contribution in [0.3, 0.4) is 0 Å². The second-order valence-electron chi connectivity index (χ2n) is 9.76. The zero-order valence-electron chi connectivity index (χ0n) is 16.7. The van der Waals surface area contributed by atoms with Crippen molar-refractivity contribution in [3.05, 3.63) is 23.0 Å². The lowest BCUT2D eigenvalue weighted by Gasteiger charge is -2.56. The van der Waals surface area contributed by atoms with Crippen molar-refractivity contribution in [1.29, 1.82) is 0 Å². The molecule has 0 spiro atoms. The van der Waals surface area contributed by atoms with E-state index in [1.165, 1.54) is 24.2 Å². The molecule has 25 heavy (non-hydrogen) atoms. The number of methoxy groups -OCH3 is 1. The van der Waals surface area contributed by atoms with Crippen LogP contribution in [0, 0.1) is 34.5 Å². The number of ether oxygens (including phenoxy) is 1. The van der Waals surface area contributed by atoms with Crippen LogP contribution in [0.1, 0.15) is 72.6 Å². The molecule has 0 bridgehead atoms. The Bertz CT molecular complexity index is 655. The fraction of sp³-hybridized carbons (Fsp3) is 0.783. The maximum atomic E-state index is 12.6. The van der Waals surface area contributed by atoms with E-state index in [4.69, 9.17) is 4.74 Å². The highest BCUT2D eigenvalue weighted by atomic mass is 16.5. The van der Waals surface area contributed by atoms with Gasteiger partial charge in [0.25, 0.3) is 0 Å². The molecule has 2 nitrogen and oxygen atoms in total. The highest BCUT2D eigenvalue weighted by molar-refractivity contribution is 5.87. The molecule has 2 fully saturated rings. The van der Waals surface area contributed by atoms with Crippen LogP contribution in [0.25, 0.3) is 0 Å². The minimum Gasteiger partial charge on any atom is -0.501 e. The van der Waals surface area contributed by atoms with Gasteiger partial charge < -0.3 is 4.74 Å². The zero-order valence-corrected chi connectivity index (χ0v) is 16.7. The number of carbonyl (C=O) groups is 1. The maximum absolute atomic E-state index is 12.6. The predicted molar refractivity (Wildman–Crippen MR) is 101 cm³/mol. The lowest BCUT2D eigenvalue weighted by atomic mass is 9.47. The highest BCUT2D eigenvalue weighted by Gasteiger charge is 2.58. The van der Waals surface area contributed by atoms with Crippen LogP contribution in [-0.2, 0) is 9.53 Å². The minimum absolute atomic E-state index is 0.0219.